The molecule has 0 bridgehead atoms. The van der Waals surface area contributed by atoms with E-state index in [1.165, 1.54) is 6.07 Å². The quantitative estimate of drug-likeness (QED) is 0.790. The van der Waals surface area contributed by atoms with E-state index in [2.05, 4.69) is 10.3 Å². The molecule has 0 unspecified atom stereocenters. The minimum atomic E-state index is -4.27. The number of anilines is 1. The average Bonchev–Trinajstić information content (AvgIpc) is 2.17. The molecular weight excluding hydrogens is 254 g/mol. The highest BCUT2D eigenvalue weighted by Crippen LogP contribution is 2.33. The molecule has 0 spiro atoms. The van der Waals surface area contributed by atoms with Gasteiger partial charge in [-0.1, -0.05) is 0 Å². The summed E-state index contributed by atoms with van der Waals surface area (Å²) >= 11 is 0. The topological polar surface area (TPSA) is 45.2 Å². The predicted molar refractivity (Wildman–Crippen MR) is 54.3 cm³/mol. The van der Waals surface area contributed by atoms with Crippen LogP contribution in [0.5, 0.6) is 0 Å². The lowest BCUT2D eigenvalue weighted by molar-refractivity contribution is -0.201. The van der Waals surface area contributed by atoms with Crippen LogP contribution in [0.25, 0.3) is 0 Å². The maximum absolute atomic E-state index is 12.5. The van der Waals surface area contributed by atoms with E-state index in [0.717, 1.165) is 17.2 Å². The minimum absolute atomic E-state index is 0.0943. The number of pyridine rings is 1. The SMILES string of the molecule is O=C(Nc1ccc(F)cn1)N1CC(C(F)(F)F)C1. The van der Waals surface area contributed by atoms with Gasteiger partial charge in [0.05, 0.1) is 12.1 Å². The summed E-state index contributed by atoms with van der Waals surface area (Å²) in [6.07, 6.45) is -3.37. The van der Waals surface area contributed by atoms with Gasteiger partial charge in [0.25, 0.3) is 0 Å². The molecule has 1 saturated heterocycles. The number of carbonyl (C=O) groups is 1. The third kappa shape index (κ3) is 2.69. The number of carbonyl (C=O) groups excluding carboxylic acids is 1. The van der Waals surface area contributed by atoms with Gasteiger partial charge >= 0.3 is 12.2 Å². The molecule has 2 heterocycles. The van der Waals surface area contributed by atoms with Crippen LogP contribution < -0.4 is 5.32 Å². The molecule has 0 atom stereocenters. The maximum atomic E-state index is 12.5. The molecule has 1 N–H and O–H groups in total. The molecular formula is C10H9F4N3O. The van der Waals surface area contributed by atoms with Gasteiger partial charge in [-0.05, 0) is 12.1 Å². The van der Waals surface area contributed by atoms with E-state index in [4.69, 9.17) is 0 Å². The Morgan fingerprint density at radius 3 is 2.56 bits per heavy atom. The summed E-state index contributed by atoms with van der Waals surface area (Å²) in [5.74, 6) is -1.93. The molecule has 4 nitrogen and oxygen atoms in total. The first-order chi connectivity index (χ1) is 8.36. The van der Waals surface area contributed by atoms with Gasteiger partial charge in [0.1, 0.15) is 11.6 Å². The molecule has 1 aliphatic heterocycles. The monoisotopic (exact) mass is 263 g/mol. The third-order valence-corrected chi connectivity index (χ3v) is 2.59. The van der Waals surface area contributed by atoms with Crippen molar-refractivity contribution in [3.63, 3.8) is 0 Å². The van der Waals surface area contributed by atoms with E-state index in [-0.39, 0.29) is 18.9 Å². The highest BCUT2D eigenvalue weighted by molar-refractivity contribution is 5.88. The largest absolute Gasteiger partial charge is 0.395 e. The Kier molecular flexibility index (Phi) is 3.10. The molecule has 0 aliphatic carbocycles. The van der Waals surface area contributed by atoms with Crippen LogP contribution >= 0.6 is 0 Å². The fourth-order valence-electron chi connectivity index (χ4n) is 1.49. The first kappa shape index (κ1) is 12.6. The number of aromatic nitrogens is 1. The Bertz CT molecular complexity index is 439. The zero-order chi connectivity index (χ0) is 13.3. The second-order valence-electron chi connectivity index (χ2n) is 3.94. The van der Waals surface area contributed by atoms with Crippen LogP contribution in [0.3, 0.4) is 0 Å². The Balaban J connectivity index is 1.86. The predicted octanol–water partition coefficient (Wildman–Crippen LogP) is 2.25. The van der Waals surface area contributed by atoms with Gasteiger partial charge in [0, 0.05) is 13.1 Å². The molecule has 18 heavy (non-hydrogen) atoms. The lowest BCUT2D eigenvalue weighted by Gasteiger charge is -2.39. The number of alkyl halides is 3. The first-order valence-corrected chi connectivity index (χ1v) is 5.10. The molecule has 8 heteroatoms. The van der Waals surface area contributed by atoms with Gasteiger partial charge in [0.2, 0.25) is 0 Å². The van der Waals surface area contributed by atoms with E-state index in [1.807, 2.05) is 0 Å². The van der Waals surface area contributed by atoms with Crippen LogP contribution in [0, 0.1) is 11.7 Å². The number of nitrogens with zero attached hydrogens (tertiary/aromatic N) is 2. The summed E-state index contributed by atoms with van der Waals surface area (Å²) in [6.45, 7) is -0.729. The van der Waals surface area contributed by atoms with Crippen molar-refractivity contribution in [3.8, 4) is 0 Å². The summed E-state index contributed by atoms with van der Waals surface area (Å²) in [5.41, 5.74) is 0. The number of hydrogen-bond donors (Lipinski definition) is 1. The minimum Gasteiger partial charge on any atom is -0.323 e. The maximum Gasteiger partial charge on any atom is 0.395 e. The van der Waals surface area contributed by atoms with Crippen LogP contribution in [0.2, 0.25) is 0 Å². The van der Waals surface area contributed by atoms with E-state index >= 15 is 0 Å². The van der Waals surface area contributed by atoms with Crippen LogP contribution in [0.1, 0.15) is 0 Å². The third-order valence-electron chi connectivity index (χ3n) is 2.59. The zero-order valence-corrected chi connectivity index (χ0v) is 9.04. The fraction of sp³-hybridized carbons (Fsp3) is 0.400. The molecule has 0 aromatic carbocycles. The normalized spacial score (nSPS) is 16.3. The average molecular weight is 263 g/mol. The second kappa shape index (κ2) is 4.43. The van der Waals surface area contributed by atoms with Gasteiger partial charge < -0.3 is 4.90 Å². The molecule has 0 radical (unpaired) electrons. The summed E-state index contributed by atoms with van der Waals surface area (Å²) in [4.78, 5) is 16.1. The lowest BCUT2D eigenvalue weighted by atomic mass is 10.0. The lowest BCUT2D eigenvalue weighted by Crippen LogP contribution is -2.56. The van der Waals surface area contributed by atoms with Crippen molar-refractivity contribution < 1.29 is 22.4 Å². The van der Waals surface area contributed by atoms with Crippen molar-refractivity contribution in [2.75, 3.05) is 18.4 Å². The molecule has 1 fully saturated rings. The van der Waals surface area contributed by atoms with Crippen molar-refractivity contribution in [2.45, 2.75) is 6.18 Å². The van der Waals surface area contributed by atoms with Crippen molar-refractivity contribution in [3.05, 3.63) is 24.1 Å². The summed E-state index contributed by atoms with van der Waals surface area (Å²) in [6, 6.07) is 1.65. The Hall–Kier alpha value is -1.86. The first-order valence-electron chi connectivity index (χ1n) is 5.10. The molecule has 1 aromatic heterocycles. The van der Waals surface area contributed by atoms with Gasteiger partial charge in [-0.25, -0.2) is 14.2 Å². The number of rotatable bonds is 1. The van der Waals surface area contributed by atoms with Crippen molar-refractivity contribution in [1.29, 1.82) is 0 Å². The van der Waals surface area contributed by atoms with E-state index in [1.54, 1.807) is 0 Å². The number of nitrogens with one attached hydrogen (secondary N) is 1. The highest BCUT2D eigenvalue weighted by Gasteiger charge is 2.48. The fourth-order valence-corrected chi connectivity index (χ4v) is 1.49. The van der Waals surface area contributed by atoms with Crippen LogP contribution in [0.4, 0.5) is 28.2 Å². The van der Waals surface area contributed by atoms with Crippen LogP contribution in [-0.2, 0) is 0 Å². The van der Waals surface area contributed by atoms with Crippen molar-refractivity contribution in [2.24, 2.45) is 5.92 Å². The van der Waals surface area contributed by atoms with Crippen molar-refractivity contribution >= 4 is 11.8 Å². The number of urea groups is 1. The second-order valence-corrected chi connectivity index (χ2v) is 3.94. The Labute approximate surface area is 99.6 Å². The molecule has 1 aliphatic rings. The van der Waals surface area contributed by atoms with Gasteiger partial charge in [0.15, 0.2) is 0 Å². The van der Waals surface area contributed by atoms with E-state index in [9.17, 15) is 22.4 Å². The van der Waals surface area contributed by atoms with Crippen molar-refractivity contribution in [1.82, 2.24) is 9.88 Å². The van der Waals surface area contributed by atoms with Crippen LogP contribution in [0.15, 0.2) is 18.3 Å². The Morgan fingerprint density at radius 2 is 2.06 bits per heavy atom. The molecule has 1 aromatic rings. The molecule has 2 rings (SSSR count). The van der Waals surface area contributed by atoms with Crippen LogP contribution in [-0.4, -0.2) is 35.2 Å². The highest BCUT2D eigenvalue weighted by atomic mass is 19.4. The molecule has 98 valence electrons. The molecule has 2 amide bonds. The number of amides is 2. The number of hydrogen-bond acceptors (Lipinski definition) is 2. The summed E-state index contributed by atoms with van der Waals surface area (Å²) in [7, 11) is 0. The Morgan fingerprint density at radius 1 is 1.39 bits per heavy atom. The van der Waals surface area contributed by atoms with Gasteiger partial charge in [-0.15, -0.1) is 0 Å². The number of likely N-dealkylation sites (tertiary alicyclic amines) is 1. The van der Waals surface area contributed by atoms with E-state index in [0.29, 0.717) is 0 Å². The molecule has 0 saturated carbocycles. The zero-order valence-electron chi connectivity index (χ0n) is 9.04. The van der Waals surface area contributed by atoms with E-state index < -0.39 is 23.9 Å². The summed E-state index contributed by atoms with van der Waals surface area (Å²) in [5, 5.41) is 2.28. The smallest absolute Gasteiger partial charge is 0.323 e. The standard InChI is InChI=1S/C10H9F4N3O/c11-7-1-2-8(15-3-7)16-9(18)17-4-6(5-17)10(12,13)14/h1-3,6H,4-5H2,(H,15,16,18). The number of halogens is 4. The van der Waals surface area contributed by atoms with Gasteiger partial charge in [-0.3, -0.25) is 5.32 Å². The van der Waals surface area contributed by atoms with Gasteiger partial charge in [-0.2, -0.15) is 13.2 Å². The summed E-state index contributed by atoms with van der Waals surface area (Å²) < 4.78 is 49.1.